The van der Waals surface area contributed by atoms with E-state index in [9.17, 15) is 9.59 Å². The summed E-state index contributed by atoms with van der Waals surface area (Å²) in [6.45, 7) is 0.414. The van der Waals surface area contributed by atoms with Gasteiger partial charge in [0.05, 0.1) is 0 Å². The quantitative estimate of drug-likeness (QED) is 0.729. The van der Waals surface area contributed by atoms with Gasteiger partial charge in [-0.25, -0.2) is 4.79 Å². The van der Waals surface area contributed by atoms with E-state index in [1.807, 2.05) is 0 Å². The number of amides is 3. The molecule has 0 unspecified atom stereocenters. The molecule has 5 nitrogen and oxygen atoms in total. The topological polar surface area (TPSA) is 70.2 Å². The van der Waals surface area contributed by atoms with Crippen molar-refractivity contribution in [3.05, 3.63) is 0 Å². The maximum absolute atomic E-state index is 11.8. The Hall–Kier alpha value is -1.26. The van der Waals surface area contributed by atoms with Crippen molar-refractivity contribution < 1.29 is 9.59 Å². The van der Waals surface area contributed by atoms with Crippen LogP contribution in [-0.2, 0) is 4.79 Å². The summed E-state index contributed by atoms with van der Waals surface area (Å²) in [7, 11) is 0. The van der Waals surface area contributed by atoms with E-state index in [0.717, 1.165) is 25.7 Å². The van der Waals surface area contributed by atoms with Crippen LogP contribution >= 0.6 is 0 Å². The average molecular weight is 295 g/mol. The number of urea groups is 1. The van der Waals surface area contributed by atoms with Gasteiger partial charge >= 0.3 is 6.03 Å². The van der Waals surface area contributed by atoms with Crippen molar-refractivity contribution in [1.29, 1.82) is 0 Å². The minimum atomic E-state index is -0.132. The molecule has 0 heterocycles. The Morgan fingerprint density at radius 3 is 1.86 bits per heavy atom. The standard InChI is InChI=1S/C16H29N3O2/c20-15(18-13-7-3-1-4-8-13)11-12-17-16(21)19-14-9-5-2-6-10-14/h13-14H,1-12H2,(H,18,20)(H2,17,19,21). The molecule has 2 saturated carbocycles. The molecule has 0 aromatic heterocycles. The molecule has 0 radical (unpaired) electrons. The summed E-state index contributed by atoms with van der Waals surface area (Å²) in [5, 5.41) is 8.84. The predicted molar refractivity (Wildman–Crippen MR) is 83.0 cm³/mol. The van der Waals surface area contributed by atoms with Gasteiger partial charge < -0.3 is 16.0 Å². The van der Waals surface area contributed by atoms with Gasteiger partial charge in [0.15, 0.2) is 0 Å². The maximum atomic E-state index is 11.8. The second-order valence-corrected chi connectivity index (χ2v) is 6.39. The highest BCUT2D eigenvalue weighted by Gasteiger charge is 2.17. The second kappa shape index (κ2) is 8.90. The molecule has 0 atom stereocenters. The van der Waals surface area contributed by atoms with Crippen LogP contribution in [0.4, 0.5) is 4.79 Å². The minimum absolute atomic E-state index is 0.0554. The minimum Gasteiger partial charge on any atom is -0.353 e. The molecule has 21 heavy (non-hydrogen) atoms. The highest BCUT2D eigenvalue weighted by Crippen LogP contribution is 2.18. The monoisotopic (exact) mass is 295 g/mol. The summed E-state index contributed by atoms with van der Waals surface area (Å²) in [4.78, 5) is 23.5. The van der Waals surface area contributed by atoms with Crippen LogP contribution in [0.3, 0.4) is 0 Å². The SMILES string of the molecule is O=C(CCNC(=O)NC1CCCCC1)NC1CCCCC1. The predicted octanol–water partition coefficient (Wildman–Crippen LogP) is 2.46. The van der Waals surface area contributed by atoms with E-state index in [1.165, 1.54) is 38.5 Å². The first-order valence-corrected chi connectivity index (χ1v) is 8.58. The fraction of sp³-hybridized carbons (Fsp3) is 0.875. The number of carbonyl (C=O) groups excluding carboxylic acids is 2. The lowest BCUT2D eigenvalue weighted by molar-refractivity contribution is -0.121. The second-order valence-electron chi connectivity index (χ2n) is 6.39. The first kappa shape index (κ1) is 16.1. The highest BCUT2D eigenvalue weighted by molar-refractivity contribution is 5.78. The first-order chi connectivity index (χ1) is 10.2. The van der Waals surface area contributed by atoms with E-state index in [0.29, 0.717) is 25.0 Å². The van der Waals surface area contributed by atoms with Crippen LogP contribution in [0, 0.1) is 0 Å². The Kier molecular flexibility index (Phi) is 6.83. The molecule has 0 aromatic rings. The van der Waals surface area contributed by atoms with E-state index in [2.05, 4.69) is 16.0 Å². The third kappa shape index (κ3) is 6.36. The fourth-order valence-corrected chi connectivity index (χ4v) is 3.32. The van der Waals surface area contributed by atoms with Crippen molar-refractivity contribution in [3.63, 3.8) is 0 Å². The molecule has 3 N–H and O–H groups in total. The molecule has 0 aliphatic heterocycles. The largest absolute Gasteiger partial charge is 0.353 e. The van der Waals surface area contributed by atoms with Crippen molar-refractivity contribution in [2.75, 3.05) is 6.54 Å². The van der Waals surface area contributed by atoms with Crippen molar-refractivity contribution in [2.45, 2.75) is 82.7 Å². The van der Waals surface area contributed by atoms with Crippen molar-refractivity contribution in [2.24, 2.45) is 0 Å². The Morgan fingerprint density at radius 1 is 0.762 bits per heavy atom. The van der Waals surface area contributed by atoms with Gasteiger partial charge in [0, 0.05) is 25.0 Å². The van der Waals surface area contributed by atoms with Crippen LogP contribution in [0.25, 0.3) is 0 Å². The maximum Gasteiger partial charge on any atom is 0.315 e. The number of hydrogen-bond acceptors (Lipinski definition) is 2. The van der Waals surface area contributed by atoms with Crippen LogP contribution in [0.15, 0.2) is 0 Å². The molecule has 2 aliphatic carbocycles. The third-order valence-electron chi connectivity index (χ3n) is 4.55. The third-order valence-corrected chi connectivity index (χ3v) is 4.55. The lowest BCUT2D eigenvalue weighted by atomic mass is 9.95. The highest BCUT2D eigenvalue weighted by atomic mass is 16.2. The summed E-state index contributed by atoms with van der Waals surface area (Å²) in [5.74, 6) is 0.0554. The summed E-state index contributed by atoms with van der Waals surface area (Å²) in [5.41, 5.74) is 0. The average Bonchev–Trinajstić information content (AvgIpc) is 2.49. The lowest BCUT2D eigenvalue weighted by Crippen LogP contribution is -2.44. The van der Waals surface area contributed by atoms with Gasteiger partial charge in [0.2, 0.25) is 5.91 Å². The number of rotatable bonds is 5. The van der Waals surface area contributed by atoms with Crippen molar-refractivity contribution >= 4 is 11.9 Å². The normalized spacial score (nSPS) is 20.8. The molecule has 2 aliphatic rings. The molecule has 0 spiro atoms. The molecule has 5 heteroatoms. The van der Waals surface area contributed by atoms with Gasteiger partial charge in [-0.3, -0.25) is 4.79 Å². The van der Waals surface area contributed by atoms with E-state index in [1.54, 1.807) is 0 Å². The van der Waals surface area contributed by atoms with E-state index < -0.39 is 0 Å². The van der Waals surface area contributed by atoms with E-state index >= 15 is 0 Å². The molecule has 0 aromatic carbocycles. The van der Waals surface area contributed by atoms with Crippen LogP contribution in [0.5, 0.6) is 0 Å². The van der Waals surface area contributed by atoms with Crippen LogP contribution in [0.2, 0.25) is 0 Å². The molecule has 2 fully saturated rings. The van der Waals surface area contributed by atoms with Crippen LogP contribution in [-0.4, -0.2) is 30.6 Å². The Balaban J connectivity index is 1.53. The summed E-state index contributed by atoms with van der Waals surface area (Å²) in [6.07, 6.45) is 12.1. The fourth-order valence-electron chi connectivity index (χ4n) is 3.32. The zero-order chi connectivity index (χ0) is 14.9. The zero-order valence-corrected chi connectivity index (χ0v) is 13.0. The Morgan fingerprint density at radius 2 is 1.29 bits per heavy atom. The van der Waals surface area contributed by atoms with Crippen LogP contribution in [0.1, 0.15) is 70.6 Å². The lowest BCUT2D eigenvalue weighted by Gasteiger charge is -2.23. The summed E-state index contributed by atoms with van der Waals surface area (Å²) >= 11 is 0. The van der Waals surface area contributed by atoms with E-state index in [4.69, 9.17) is 0 Å². The Bertz CT molecular complexity index is 302. The number of nitrogens with one attached hydrogen (secondary N) is 3. The van der Waals surface area contributed by atoms with Gasteiger partial charge in [-0.1, -0.05) is 38.5 Å². The Labute approximate surface area is 127 Å². The van der Waals surface area contributed by atoms with Gasteiger partial charge in [-0.2, -0.15) is 0 Å². The summed E-state index contributed by atoms with van der Waals surface area (Å²) < 4.78 is 0. The van der Waals surface area contributed by atoms with E-state index in [-0.39, 0.29) is 11.9 Å². The van der Waals surface area contributed by atoms with Crippen molar-refractivity contribution in [3.8, 4) is 0 Å². The molecule has 2 rings (SSSR count). The number of carbonyl (C=O) groups is 2. The molecule has 120 valence electrons. The summed E-state index contributed by atoms with van der Waals surface area (Å²) in [6, 6.07) is 0.532. The van der Waals surface area contributed by atoms with Gasteiger partial charge in [-0.15, -0.1) is 0 Å². The molecule has 0 bridgehead atoms. The molecule has 3 amide bonds. The van der Waals surface area contributed by atoms with Gasteiger partial charge in [0.1, 0.15) is 0 Å². The number of hydrogen-bond donors (Lipinski definition) is 3. The first-order valence-electron chi connectivity index (χ1n) is 8.58. The van der Waals surface area contributed by atoms with Crippen molar-refractivity contribution in [1.82, 2.24) is 16.0 Å². The smallest absolute Gasteiger partial charge is 0.315 e. The van der Waals surface area contributed by atoms with Gasteiger partial charge in [-0.05, 0) is 25.7 Å². The molecular formula is C16H29N3O2. The molecular weight excluding hydrogens is 266 g/mol. The molecule has 0 saturated heterocycles. The van der Waals surface area contributed by atoms with Gasteiger partial charge in [0.25, 0.3) is 0 Å². The van der Waals surface area contributed by atoms with Crippen LogP contribution < -0.4 is 16.0 Å². The zero-order valence-electron chi connectivity index (χ0n) is 13.0.